The quantitative estimate of drug-likeness (QED) is 0.170. The molecule has 0 aliphatic carbocycles. The van der Waals surface area contributed by atoms with E-state index in [9.17, 15) is 0 Å². The van der Waals surface area contributed by atoms with Gasteiger partial charge in [-0.25, -0.2) is 24.9 Å². The van der Waals surface area contributed by atoms with Crippen LogP contribution >= 0.6 is 22.7 Å². The van der Waals surface area contributed by atoms with E-state index in [2.05, 4.69) is 108 Å². The number of nitrogens with zero attached hydrogens (tertiary/aromatic N) is 6. The minimum Gasteiger partial charge on any atom is -0.309 e. The molecule has 0 bridgehead atoms. The van der Waals surface area contributed by atoms with E-state index in [0.29, 0.717) is 17.5 Å². The van der Waals surface area contributed by atoms with Crippen molar-refractivity contribution >= 4 is 64.9 Å². The molecular formula is C47H28N6S2. The monoisotopic (exact) mass is 740 g/mol. The van der Waals surface area contributed by atoms with Gasteiger partial charge >= 0.3 is 0 Å². The highest BCUT2D eigenvalue weighted by Crippen LogP contribution is 2.38. The molecule has 0 aliphatic rings. The molecule has 6 nitrogen and oxygen atoms in total. The molecule has 0 aliphatic heterocycles. The van der Waals surface area contributed by atoms with Gasteiger partial charge in [0, 0.05) is 44.3 Å². The average molecular weight is 741 g/mol. The van der Waals surface area contributed by atoms with E-state index in [4.69, 9.17) is 24.9 Å². The highest BCUT2D eigenvalue weighted by molar-refractivity contribution is 7.22. The topological polar surface area (TPSA) is 69.4 Å². The Morgan fingerprint density at radius 3 is 1.62 bits per heavy atom. The maximum Gasteiger partial charge on any atom is 0.164 e. The van der Waals surface area contributed by atoms with Crippen LogP contribution in [-0.4, -0.2) is 29.5 Å². The predicted octanol–water partition coefficient (Wildman–Crippen LogP) is 12.5. The lowest BCUT2D eigenvalue weighted by molar-refractivity contribution is 1.07. The first-order chi connectivity index (χ1) is 27.2. The minimum absolute atomic E-state index is 0.632. The number of hydrogen-bond acceptors (Lipinski definition) is 7. The van der Waals surface area contributed by atoms with Crippen LogP contribution in [0.1, 0.15) is 0 Å². The molecule has 11 aromatic rings. The number of para-hydroxylation sites is 2. The second-order valence-electron chi connectivity index (χ2n) is 13.4. The molecule has 0 amide bonds. The van der Waals surface area contributed by atoms with Crippen molar-refractivity contribution in [2.45, 2.75) is 0 Å². The Labute approximate surface area is 323 Å². The zero-order chi connectivity index (χ0) is 36.3. The standard InChI is InChI=1S/C47H28N6S2/c1-3-11-29(12-4-1)43-50-44(30-13-5-2-6-14-30)52-45(51-43)32-21-25-38-42(28-32)55-46(49-38)31-19-23-34(24-20-31)53-39-17-9-7-15-35(39)36-27-33(22-26-40(36)53)47-48-37-16-8-10-18-41(37)54-47/h1-28H. The van der Waals surface area contributed by atoms with E-state index < -0.39 is 0 Å². The lowest BCUT2D eigenvalue weighted by Gasteiger charge is -2.09. The lowest BCUT2D eigenvalue weighted by atomic mass is 10.1. The van der Waals surface area contributed by atoms with Gasteiger partial charge in [-0.05, 0) is 78.9 Å². The second kappa shape index (κ2) is 12.9. The third-order valence-electron chi connectivity index (χ3n) is 9.93. The fourth-order valence-electron chi connectivity index (χ4n) is 7.26. The summed E-state index contributed by atoms with van der Waals surface area (Å²) in [6.45, 7) is 0. The molecule has 0 unspecified atom stereocenters. The fourth-order valence-corrected chi connectivity index (χ4v) is 9.23. The molecular weight excluding hydrogens is 713 g/mol. The van der Waals surface area contributed by atoms with Crippen molar-refractivity contribution in [3.05, 3.63) is 170 Å². The number of hydrogen-bond donors (Lipinski definition) is 0. The second-order valence-corrected chi connectivity index (χ2v) is 15.4. The molecule has 8 heteroatoms. The van der Waals surface area contributed by atoms with Crippen molar-refractivity contribution in [2.75, 3.05) is 0 Å². The van der Waals surface area contributed by atoms with Gasteiger partial charge in [0.05, 0.1) is 31.5 Å². The summed E-state index contributed by atoms with van der Waals surface area (Å²) in [5.41, 5.74) is 10.4. The van der Waals surface area contributed by atoms with Crippen molar-refractivity contribution in [1.82, 2.24) is 29.5 Å². The van der Waals surface area contributed by atoms with E-state index in [1.54, 1.807) is 22.7 Å². The lowest BCUT2D eigenvalue weighted by Crippen LogP contribution is -1.99. The van der Waals surface area contributed by atoms with E-state index in [1.165, 1.54) is 21.0 Å². The van der Waals surface area contributed by atoms with Crippen molar-refractivity contribution in [3.8, 4) is 61.0 Å². The first-order valence-corrected chi connectivity index (χ1v) is 19.6. The fraction of sp³-hybridized carbons (Fsp3) is 0. The van der Waals surface area contributed by atoms with Gasteiger partial charge in [0.1, 0.15) is 10.0 Å². The smallest absolute Gasteiger partial charge is 0.164 e. The van der Waals surface area contributed by atoms with Gasteiger partial charge in [0.15, 0.2) is 17.5 Å². The SMILES string of the molecule is c1ccc(-c2nc(-c3ccccc3)nc(-c3ccc4nc(-c5ccc(-n6c7ccccc7c7cc(-c8nc9ccccc9s8)ccc76)cc5)sc4c3)n2)cc1. The Kier molecular flexibility index (Phi) is 7.43. The number of thiazole rings is 2. The van der Waals surface area contributed by atoms with Crippen LogP contribution in [0.2, 0.25) is 0 Å². The number of benzene rings is 7. The normalized spacial score (nSPS) is 11.6. The molecule has 0 fully saturated rings. The van der Waals surface area contributed by atoms with Crippen molar-refractivity contribution in [1.29, 1.82) is 0 Å². The van der Waals surface area contributed by atoms with E-state index >= 15 is 0 Å². The number of aromatic nitrogens is 6. The maximum atomic E-state index is 5.05. The number of rotatable bonds is 6. The molecule has 11 rings (SSSR count). The molecule has 4 heterocycles. The molecule has 0 atom stereocenters. The maximum absolute atomic E-state index is 5.05. The Bertz CT molecular complexity index is 3110. The average Bonchev–Trinajstić information content (AvgIpc) is 3.98. The van der Waals surface area contributed by atoms with Gasteiger partial charge < -0.3 is 4.57 Å². The molecule has 0 N–H and O–H groups in total. The number of fused-ring (bicyclic) bond motifs is 5. The molecule has 0 saturated heterocycles. The zero-order valence-corrected chi connectivity index (χ0v) is 30.8. The Morgan fingerprint density at radius 1 is 0.345 bits per heavy atom. The van der Waals surface area contributed by atoms with Gasteiger partial charge in [-0.1, -0.05) is 91.0 Å². The van der Waals surface area contributed by atoms with Crippen LogP contribution in [0, 0.1) is 0 Å². The highest BCUT2D eigenvalue weighted by Gasteiger charge is 2.17. The summed E-state index contributed by atoms with van der Waals surface area (Å²) in [5.74, 6) is 1.92. The first kappa shape index (κ1) is 31.6. The largest absolute Gasteiger partial charge is 0.309 e. The summed E-state index contributed by atoms with van der Waals surface area (Å²) in [7, 11) is 0. The summed E-state index contributed by atoms with van der Waals surface area (Å²) < 4.78 is 4.63. The molecule has 0 spiro atoms. The van der Waals surface area contributed by atoms with Crippen LogP contribution in [0.3, 0.4) is 0 Å². The van der Waals surface area contributed by atoms with Gasteiger partial charge in [0.25, 0.3) is 0 Å². The van der Waals surface area contributed by atoms with E-state index in [0.717, 1.165) is 64.8 Å². The van der Waals surface area contributed by atoms with Crippen LogP contribution in [0.5, 0.6) is 0 Å². The molecule has 55 heavy (non-hydrogen) atoms. The molecule has 7 aromatic carbocycles. The van der Waals surface area contributed by atoms with Gasteiger partial charge in [-0.2, -0.15) is 0 Å². The molecule has 258 valence electrons. The van der Waals surface area contributed by atoms with Crippen LogP contribution < -0.4 is 0 Å². The minimum atomic E-state index is 0.632. The third-order valence-corrected chi connectivity index (χ3v) is 12.1. The summed E-state index contributed by atoms with van der Waals surface area (Å²) in [4.78, 5) is 24.7. The van der Waals surface area contributed by atoms with Crippen LogP contribution in [0.15, 0.2) is 170 Å². The Hall–Kier alpha value is -6.87. The van der Waals surface area contributed by atoms with Crippen LogP contribution in [0.4, 0.5) is 0 Å². The molecule has 4 aromatic heterocycles. The Morgan fingerprint density at radius 2 is 0.891 bits per heavy atom. The Balaban J connectivity index is 0.947. The van der Waals surface area contributed by atoms with Crippen LogP contribution in [0.25, 0.3) is 103 Å². The summed E-state index contributed by atoms with van der Waals surface area (Å²) in [6.07, 6.45) is 0. The van der Waals surface area contributed by atoms with Gasteiger partial charge in [0.2, 0.25) is 0 Å². The van der Waals surface area contributed by atoms with Gasteiger partial charge in [-0.15, -0.1) is 22.7 Å². The molecule has 0 saturated carbocycles. The van der Waals surface area contributed by atoms with Crippen molar-refractivity contribution < 1.29 is 0 Å². The van der Waals surface area contributed by atoms with Gasteiger partial charge in [-0.3, -0.25) is 0 Å². The predicted molar refractivity (Wildman–Crippen MR) is 228 cm³/mol. The van der Waals surface area contributed by atoms with Crippen molar-refractivity contribution in [3.63, 3.8) is 0 Å². The van der Waals surface area contributed by atoms with Crippen LogP contribution in [-0.2, 0) is 0 Å². The summed E-state index contributed by atoms with van der Waals surface area (Å²) in [6, 6.07) is 58.8. The highest BCUT2D eigenvalue weighted by atomic mass is 32.1. The zero-order valence-electron chi connectivity index (χ0n) is 29.2. The summed E-state index contributed by atoms with van der Waals surface area (Å²) in [5, 5.41) is 4.43. The summed E-state index contributed by atoms with van der Waals surface area (Å²) >= 11 is 3.41. The van der Waals surface area contributed by atoms with E-state index in [1.807, 2.05) is 66.7 Å². The third kappa shape index (κ3) is 5.58. The molecule has 0 radical (unpaired) electrons. The first-order valence-electron chi connectivity index (χ1n) is 18.0. The van der Waals surface area contributed by atoms with Crippen molar-refractivity contribution in [2.24, 2.45) is 0 Å². The van der Waals surface area contributed by atoms with E-state index in [-0.39, 0.29) is 0 Å².